The average Bonchev–Trinajstić information content (AvgIpc) is 2.83. The quantitative estimate of drug-likeness (QED) is 0.194. The van der Waals surface area contributed by atoms with Crippen molar-refractivity contribution in [1.82, 2.24) is 25.1 Å². The molecule has 0 unspecified atom stereocenters. The summed E-state index contributed by atoms with van der Waals surface area (Å²) in [5.41, 5.74) is 0.667. The predicted octanol–water partition coefficient (Wildman–Crippen LogP) is 2.09. The molecule has 34 heavy (non-hydrogen) atoms. The van der Waals surface area contributed by atoms with Crippen molar-refractivity contribution in [3.05, 3.63) is 42.9 Å². The molecular weight excluding hydrogens is 432 g/mol. The van der Waals surface area contributed by atoms with Crippen LogP contribution in [0.5, 0.6) is 0 Å². The van der Waals surface area contributed by atoms with E-state index in [0.29, 0.717) is 49.7 Å². The lowest BCUT2D eigenvalue weighted by Crippen LogP contribution is -2.38. The number of carbonyl (C=O) groups excluding carboxylic acids is 2. The van der Waals surface area contributed by atoms with Crippen molar-refractivity contribution in [1.29, 1.82) is 0 Å². The zero-order valence-corrected chi connectivity index (χ0v) is 21.6. The Morgan fingerprint density at radius 3 is 2.53 bits per heavy atom. The fourth-order valence-corrected chi connectivity index (χ4v) is 2.27. The van der Waals surface area contributed by atoms with Gasteiger partial charge in [0, 0.05) is 46.8 Å². The summed E-state index contributed by atoms with van der Waals surface area (Å²) in [7, 11) is 5.43. The van der Waals surface area contributed by atoms with Gasteiger partial charge in [-0.3, -0.25) is 9.59 Å². The van der Waals surface area contributed by atoms with Gasteiger partial charge in [-0.15, -0.1) is 13.2 Å². The van der Waals surface area contributed by atoms with Gasteiger partial charge in [0.2, 0.25) is 11.8 Å². The number of unbranched alkanes of at least 4 members (excludes halogenated alkanes) is 1. The highest BCUT2D eigenvalue weighted by Crippen LogP contribution is 2.09. The van der Waals surface area contributed by atoms with Crippen LogP contribution < -0.4 is 10.6 Å². The fourth-order valence-electron chi connectivity index (χ4n) is 2.27. The number of nitrogens with one attached hydrogen (secondary N) is 2. The summed E-state index contributed by atoms with van der Waals surface area (Å²) >= 11 is 0. The predicted molar refractivity (Wildman–Crippen MR) is 142 cm³/mol. The lowest BCUT2D eigenvalue weighted by molar-refractivity contribution is -0.131. The minimum atomic E-state index is -0.206. The average molecular weight is 477 g/mol. The largest absolute Gasteiger partial charge is 0.395 e. The van der Waals surface area contributed by atoms with Gasteiger partial charge in [-0.05, 0) is 27.4 Å². The van der Waals surface area contributed by atoms with E-state index in [9.17, 15) is 9.59 Å². The van der Waals surface area contributed by atoms with Crippen molar-refractivity contribution < 1.29 is 16.1 Å². The van der Waals surface area contributed by atoms with Crippen molar-refractivity contribution >= 4 is 17.6 Å². The summed E-state index contributed by atoms with van der Waals surface area (Å²) in [6.07, 6.45) is 6.16. The molecule has 0 spiro atoms. The maximum Gasteiger partial charge on any atom is 0.246 e. The molecule has 1 heterocycles. The summed E-state index contributed by atoms with van der Waals surface area (Å²) in [6.45, 7) is 13.3. The number of aryl methyl sites for hydroxylation is 1. The maximum atomic E-state index is 12.0. The number of carbonyl (C=O) groups is 2. The van der Waals surface area contributed by atoms with Crippen molar-refractivity contribution in [3.8, 4) is 11.8 Å². The number of likely N-dealkylation sites (N-methyl/N-ethyl adjacent to an activating group) is 2. The van der Waals surface area contributed by atoms with Crippen LogP contribution in [0, 0.1) is 18.8 Å². The Morgan fingerprint density at radius 1 is 1.24 bits per heavy atom. The van der Waals surface area contributed by atoms with E-state index in [4.69, 9.17) is 5.11 Å². The Kier molecular flexibility index (Phi) is 21.0. The third kappa shape index (κ3) is 16.4. The van der Waals surface area contributed by atoms with Crippen LogP contribution in [0.3, 0.4) is 0 Å². The molecule has 1 aromatic heterocycles. The molecule has 192 valence electrons. The van der Waals surface area contributed by atoms with Gasteiger partial charge in [-0.1, -0.05) is 31.8 Å². The summed E-state index contributed by atoms with van der Waals surface area (Å²) < 4.78 is 0. The van der Waals surface area contributed by atoms with E-state index in [2.05, 4.69) is 45.6 Å². The van der Waals surface area contributed by atoms with Gasteiger partial charge in [0.1, 0.15) is 11.6 Å². The molecule has 0 aliphatic heterocycles. The molecule has 1 rings (SSSR count). The number of aliphatic hydroxyl groups excluding tert-OH is 1. The standard InChI is InChI=1S/C21H32N6O3.C2H6.C2H4.H2/c1-17-24-15-18(21(25-17)23-12-14-28)9-6-5-7-11-22-19(29)16-27(4)20(30)10-8-13-26(2)3;2*1-2;/h8,10,15,28H,5,7,11-14,16H2,1-4H3,(H,22,29)(H,23,24,25);1-2H3;1-2H2;1H/b10-8+;;;. The van der Waals surface area contributed by atoms with Gasteiger partial charge in [0.05, 0.1) is 18.7 Å². The molecule has 0 fully saturated rings. The highest BCUT2D eigenvalue weighted by Gasteiger charge is 2.09. The lowest BCUT2D eigenvalue weighted by atomic mass is 10.2. The second-order valence-electron chi connectivity index (χ2n) is 6.94. The highest BCUT2D eigenvalue weighted by atomic mass is 16.3. The molecule has 0 saturated carbocycles. The van der Waals surface area contributed by atoms with Crippen LogP contribution in [0.1, 0.15) is 39.5 Å². The lowest BCUT2D eigenvalue weighted by Gasteiger charge is -2.14. The molecule has 3 N–H and O–H groups in total. The number of aliphatic hydroxyl groups is 1. The molecule has 0 aromatic carbocycles. The SMILES string of the molecule is C=C.CC.Cc1ncc(C#CCCCNC(=O)CN(C)C(=O)/C=C/CN(C)C)c(NCCO)n1.[HH]. The second kappa shape index (κ2) is 21.6. The van der Waals surface area contributed by atoms with Crippen LogP contribution in [0.4, 0.5) is 5.82 Å². The minimum absolute atomic E-state index is 0. The molecule has 0 radical (unpaired) electrons. The summed E-state index contributed by atoms with van der Waals surface area (Å²) in [4.78, 5) is 35.6. The number of rotatable bonds is 11. The summed E-state index contributed by atoms with van der Waals surface area (Å²) in [5.74, 6) is 6.87. The van der Waals surface area contributed by atoms with E-state index < -0.39 is 0 Å². The Morgan fingerprint density at radius 2 is 1.91 bits per heavy atom. The summed E-state index contributed by atoms with van der Waals surface area (Å²) in [5, 5.41) is 14.8. The van der Waals surface area contributed by atoms with Crippen molar-refractivity contribution in [2.45, 2.75) is 33.6 Å². The number of hydrogen-bond donors (Lipinski definition) is 3. The van der Waals surface area contributed by atoms with Gasteiger partial charge >= 0.3 is 0 Å². The van der Waals surface area contributed by atoms with Gasteiger partial charge in [0.25, 0.3) is 0 Å². The van der Waals surface area contributed by atoms with E-state index in [1.807, 2.05) is 32.8 Å². The molecule has 2 amide bonds. The molecule has 9 nitrogen and oxygen atoms in total. The third-order valence-corrected chi connectivity index (χ3v) is 3.83. The fraction of sp³-hybridized carbons (Fsp3) is 0.520. The van der Waals surface area contributed by atoms with Crippen LogP contribution >= 0.6 is 0 Å². The molecular formula is C25H44N6O3. The van der Waals surface area contributed by atoms with Crippen LogP contribution in [0.2, 0.25) is 0 Å². The highest BCUT2D eigenvalue weighted by molar-refractivity contribution is 5.91. The Labute approximate surface area is 206 Å². The molecule has 0 aliphatic carbocycles. The first-order valence-corrected chi connectivity index (χ1v) is 11.3. The van der Waals surface area contributed by atoms with E-state index in [1.54, 1.807) is 26.2 Å². The smallest absolute Gasteiger partial charge is 0.246 e. The maximum absolute atomic E-state index is 12.0. The van der Waals surface area contributed by atoms with Crippen LogP contribution in [0.15, 0.2) is 31.5 Å². The van der Waals surface area contributed by atoms with Gasteiger partial charge in [-0.25, -0.2) is 9.97 Å². The zero-order chi connectivity index (χ0) is 26.4. The Bertz CT molecular complexity index is 806. The van der Waals surface area contributed by atoms with E-state index in [0.717, 1.165) is 0 Å². The third-order valence-electron chi connectivity index (χ3n) is 3.83. The first kappa shape index (κ1) is 33.0. The number of nitrogens with zero attached hydrogens (tertiary/aromatic N) is 4. The van der Waals surface area contributed by atoms with E-state index in [-0.39, 0.29) is 26.4 Å². The van der Waals surface area contributed by atoms with Gasteiger partial charge < -0.3 is 25.5 Å². The molecule has 0 bridgehead atoms. The Hall–Kier alpha value is -3.22. The monoisotopic (exact) mass is 476 g/mol. The van der Waals surface area contributed by atoms with Gasteiger partial charge in [0.15, 0.2) is 0 Å². The number of aromatic nitrogens is 2. The van der Waals surface area contributed by atoms with Gasteiger partial charge in [-0.2, -0.15) is 0 Å². The van der Waals surface area contributed by atoms with Crippen LogP contribution in [0.25, 0.3) is 0 Å². The molecule has 1 aromatic rings. The molecule has 9 heteroatoms. The normalized spacial score (nSPS) is 9.65. The topological polar surface area (TPSA) is 111 Å². The number of amides is 2. The first-order valence-electron chi connectivity index (χ1n) is 11.3. The number of hydrogen-bond acceptors (Lipinski definition) is 7. The first-order chi connectivity index (χ1) is 16.3. The summed E-state index contributed by atoms with van der Waals surface area (Å²) in [6, 6.07) is 0. The number of anilines is 1. The van der Waals surface area contributed by atoms with Crippen LogP contribution in [-0.4, -0.2) is 90.6 Å². The van der Waals surface area contributed by atoms with E-state index in [1.165, 1.54) is 11.0 Å². The molecule has 0 aliphatic rings. The van der Waals surface area contributed by atoms with Crippen molar-refractivity contribution in [2.24, 2.45) is 0 Å². The Balaban J connectivity index is -0.00000194. The van der Waals surface area contributed by atoms with Crippen molar-refractivity contribution in [3.63, 3.8) is 0 Å². The molecule has 0 atom stereocenters. The zero-order valence-electron chi connectivity index (χ0n) is 21.6. The second-order valence-corrected chi connectivity index (χ2v) is 6.94. The van der Waals surface area contributed by atoms with Crippen molar-refractivity contribution in [2.75, 3.05) is 59.2 Å². The van der Waals surface area contributed by atoms with E-state index >= 15 is 0 Å². The minimum Gasteiger partial charge on any atom is -0.395 e. The van der Waals surface area contributed by atoms with Crippen LogP contribution in [-0.2, 0) is 9.59 Å². The molecule has 0 saturated heterocycles.